The Hall–Kier alpha value is -3.04. The van der Waals surface area contributed by atoms with Crippen molar-refractivity contribution in [1.29, 1.82) is 0 Å². The summed E-state index contributed by atoms with van der Waals surface area (Å²) in [4.78, 5) is 12.9. The molecule has 0 bridgehead atoms. The number of nitrogens with one attached hydrogen (secondary N) is 1. The topological polar surface area (TPSA) is 105 Å². The SMILES string of the molecule is CCS(=O)(=O)Nc1ccc(C2=NN(C(=O)c3ccco3)[C@@H](c3ccc(Cl)o3)C2)cc1. The summed E-state index contributed by atoms with van der Waals surface area (Å²) in [5.74, 6) is 0.247. The van der Waals surface area contributed by atoms with E-state index in [-0.39, 0.29) is 16.7 Å². The van der Waals surface area contributed by atoms with Crippen LogP contribution in [0.2, 0.25) is 5.22 Å². The van der Waals surface area contributed by atoms with Crippen LogP contribution in [0.4, 0.5) is 5.69 Å². The molecule has 1 aliphatic rings. The Balaban J connectivity index is 1.63. The smallest absolute Gasteiger partial charge is 0.310 e. The summed E-state index contributed by atoms with van der Waals surface area (Å²) in [5, 5.41) is 6.04. The number of hydrogen-bond acceptors (Lipinski definition) is 6. The Labute approximate surface area is 178 Å². The first-order valence-electron chi connectivity index (χ1n) is 9.17. The van der Waals surface area contributed by atoms with Gasteiger partial charge in [0.05, 0.1) is 17.7 Å². The number of halogens is 1. The molecule has 0 spiro atoms. The average Bonchev–Trinajstić information content (AvgIpc) is 3.48. The van der Waals surface area contributed by atoms with E-state index in [0.29, 0.717) is 23.6 Å². The fourth-order valence-corrected chi connectivity index (χ4v) is 3.89. The molecule has 0 saturated heterocycles. The average molecular weight is 448 g/mol. The van der Waals surface area contributed by atoms with Crippen LogP contribution in [0.3, 0.4) is 0 Å². The van der Waals surface area contributed by atoms with Gasteiger partial charge >= 0.3 is 5.91 Å². The van der Waals surface area contributed by atoms with Crippen molar-refractivity contribution < 1.29 is 22.0 Å². The van der Waals surface area contributed by atoms with E-state index in [1.807, 2.05) is 0 Å². The Morgan fingerprint density at radius 2 is 2.00 bits per heavy atom. The molecule has 1 aliphatic heterocycles. The highest BCUT2D eigenvalue weighted by Crippen LogP contribution is 2.35. The van der Waals surface area contributed by atoms with Crippen molar-refractivity contribution >= 4 is 38.9 Å². The molecular formula is C20H18ClN3O5S. The lowest BCUT2D eigenvalue weighted by molar-refractivity contribution is 0.0660. The van der Waals surface area contributed by atoms with Gasteiger partial charge in [0, 0.05) is 12.1 Å². The third-order valence-corrected chi connectivity index (χ3v) is 6.15. The van der Waals surface area contributed by atoms with Gasteiger partial charge in [-0.3, -0.25) is 9.52 Å². The molecular weight excluding hydrogens is 430 g/mol. The van der Waals surface area contributed by atoms with Crippen molar-refractivity contribution in [3.63, 3.8) is 0 Å². The van der Waals surface area contributed by atoms with Gasteiger partial charge in [0.1, 0.15) is 11.8 Å². The number of hydrazone groups is 1. The Kier molecular flexibility index (Phi) is 5.40. The Morgan fingerprint density at radius 3 is 2.60 bits per heavy atom. The number of hydrogen-bond donors (Lipinski definition) is 1. The molecule has 156 valence electrons. The number of sulfonamides is 1. The number of nitrogens with zero attached hydrogens (tertiary/aromatic N) is 2. The zero-order valence-corrected chi connectivity index (χ0v) is 17.5. The molecule has 0 radical (unpaired) electrons. The molecule has 4 rings (SSSR count). The van der Waals surface area contributed by atoms with Crippen molar-refractivity contribution in [2.75, 3.05) is 10.5 Å². The molecule has 30 heavy (non-hydrogen) atoms. The second-order valence-electron chi connectivity index (χ2n) is 6.62. The van der Waals surface area contributed by atoms with Gasteiger partial charge in [-0.25, -0.2) is 13.4 Å². The van der Waals surface area contributed by atoms with E-state index in [4.69, 9.17) is 20.4 Å². The second kappa shape index (κ2) is 8.00. The number of carbonyl (C=O) groups excluding carboxylic acids is 1. The van der Waals surface area contributed by atoms with Gasteiger partial charge in [-0.2, -0.15) is 5.10 Å². The monoisotopic (exact) mass is 447 g/mol. The summed E-state index contributed by atoms with van der Waals surface area (Å²) in [6, 6.07) is 12.8. The lowest BCUT2D eigenvalue weighted by Crippen LogP contribution is -2.26. The van der Waals surface area contributed by atoms with Gasteiger partial charge in [0.2, 0.25) is 10.0 Å². The minimum Gasteiger partial charge on any atom is -0.459 e. The van der Waals surface area contributed by atoms with E-state index in [9.17, 15) is 13.2 Å². The van der Waals surface area contributed by atoms with Crippen molar-refractivity contribution in [2.45, 2.75) is 19.4 Å². The largest absolute Gasteiger partial charge is 0.459 e. The lowest BCUT2D eigenvalue weighted by Gasteiger charge is -2.18. The molecule has 10 heteroatoms. The van der Waals surface area contributed by atoms with Crippen LogP contribution in [0.25, 0.3) is 0 Å². The molecule has 1 aromatic carbocycles. The van der Waals surface area contributed by atoms with Gasteiger partial charge in [0.15, 0.2) is 11.0 Å². The molecule has 0 aliphatic carbocycles. The van der Waals surface area contributed by atoms with Gasteiger partial charge < -0.3 is 8.83 Å². The second-order valence-corrected chi connectivity index (χ2v) is 9.00. The van der Waals surface area contributed by atoms with Crippen molar-refractivity contribution in [2.24, 2.45) is 5.10 Å². The minimum absolute atomic E-state index is 0.0152. The minimum atomic E-state index is -3.36. The fraction of sp³-hybridized carbons (Fsp3) is 0.200. The zero-order valence-electron chi connectivity index (χ0n) is 15.9. The highest BCUT2D eigenvalue weighted by molar-refractivity contribution is 7.92. The number of carbonyl (C=O) groups is 1. The number of furan rings is 2. The van der Waals surface area contributed by atoms with Crippen LogP contribution in [-0.4, -0.2) is 30.8 Å². The number of amides is 1. The predicted octanol–water partition coefficient (Wildman–Crippen LogP) is 4.28. The highest BCUT2D eigenvalue weighted by atomic mass is 35.5. The molecule has 0 unspecified atom stereocenters. The van der Waals surface area contributed by atoms with Crippen molar-refractivity contribution in [3.8, 4) is 0 Å². The van der Waals surface area contributed by atoms with E-state index in [1.165, 1.54) is 11.3 Å². The van der Waals surface area contributed by atoms with Crippen LogP contribution >= 0.6 is 11.6 Å². The number of benzene rings is 1. The molecule has 1 atom stereocenters. The molecule has 3 aromatic rings. The molecule has 0 saturated carbocycles. The summed E-state index contributed by atoms with van der Waals surface area (Å²) in [6.45, 7) is 1.57. The van der Waals surface area contributed by atoms with Gasteiger partial charge in [-0.1, -0.05) is 12.1 Å². The predicted molar refractivity (Wildman–Crippen MR) is 112 cm³/mol. The first-order chi connectivity index (χ1) is 14.4. The van der Waals surface area contributed by atoms with Crippen LogP contribution in [0, 0.1) is 0 Å². The summed E-state index contributed by atoms with van der Waals surface area (Å²) >= 11 is 5.92. The van der Waals surface area contributed by atoms with Crippen molar-refractivity contribution in [3.05, 3.63) is 77.1 Å². The van der Waals surface area contributed by atoms with Gasteiger partial charge in [-0.05, 0) is 60.5 Å². The maximum Gasteiger partial charge on any atom is 0.310 e. The molecule has 1 N–H and O–H groups in total. The molecule has 1 amide bonds. The number of anilines is 1. The standard InChI is InChI=1S/C20H18ClN3O5S/c1-2-30(26,27)23-14-7-5-13(6-8-14)15-12-16(17-9-10-19(21)29-17)24(22-15)20(25)18-4-3-11-28-18/h3-11,16,23H,2,12H2,1H3/t16-/m1/s1. The van der Waals surface area contributed by atoms with Gasteiger partial charge in [-0.15, -0.1) is 0 Å². The van der Waals surface area contributed by atoms with Crippen LogP contribution < -0.4 is 4.72 Å². The van der Waals surface area contributed by atoms with Crippen LogP contribution in [0.15, 0.2) is 68.7 Å². The first-order valence-corrected chi connectivity index (χ1v) is 11.2. The van der Waals surface area contributed by atoms with Crippen LogP contribution in [0.5, 0.6) is 0 Å². The van der Waals surface area contributed by atoms with E-state index in [0.717, 1.165) is 5.56 Å². The molecule has 0 fully saturated rings. The van der Waals surface area contributed by atoms with E-state index < -0.39 is 22.0 Å². The maximum absolute atomic E-state index is 12.9. The van der Waals surface area contributed by atoms with E-state index in [1.54, 1.807) is 55.5 Å². The normalized spacial score (nSPS) is 16.5. The molecule has 8 nitrogen and oxygen atoms in total. The molecule has 3 heterocycles. The summed E-state index contributed by atoms with van der Waals surface area (Å²) < 4.78 is 36.7. The summed E-state index contributed by atoms with van der Waals surface area (Å²) in [7, 11) is -3.36. The van der Waals surface area contributed by atoms with E-state index >= 15 is 0 Å². The zero-order chi connectivity index (χ0) is 21.3. The quantitative estimate of drug-likeness (QED) is 0.607. The maximum atomic E-state index is 12.9. The van der Waals surface area contributed by atoms with Crippen LogP contribution in [-0.2, 0) is 10.0 Å². The lowest BCUT2D eigenvalue weighted by atomic mass is 10.0. The Bertz CT molecular complexity index is 1180. The third-order valence-electron chi connectivity index (χ3n) is 4.64. The summed E-state index contributed by atoms with van der Waals surface area (Å²) in [6.07, 6.45) is 1.82. The van der Waals surface area contributed by atoms with Crippen molar-refractivity contribution in [1.82, 2.24) is 5.01 Å². The molecule has 2 aromatic heterocycles. The number of rotatable bonds is 6. The van der Waals surface area contributed by atoms with Crippen LogP contribution in [0.1, 0.15) is 41.3 Å². The van der Waals surface area contributed by atoms with Gasteiger partial charge in [0.25, 0.3) is 0 Å². The fourth-order valence-electron chi connectivity index (χ4n) is 3.10. The third kappa shape index (κ3) is 4.12. The first kappa shape index (κ1) is 20.2. The van der Waals surface area contributed by atoms with E-state index in [2.05, 4.69) is 9.82 Å². The highest BCUT2D eigenvalue weighted by Gasteiger charge is 2.36. The summed E-state index contributed by atoms with van der Waals surface area (Å²) in [5.41, 5.74) is 1.86. The Morgan fingerprint density at radius 1 is 1.23 bits per heavy atom.